The highest BCUT2D eigenvalue weighted by Gasteiger charge is 2.21. The van der Waals surface area contributed by atoms with Crippen LogP contribution in [0, 0.1) is 0 Å². The fourth-order valence-corrected chi connectivity index (χ4v) is 2.51. The molecule has 2 atom stereocenters. The van der Waals surface area contributed by atoms with E-state index in [0.29, 0.717) is 12.2 Å². The number of para-hydroxylation sites is 1. The van der Waals surface area contributed by atoms with Crippen LogP contribution in [0.5, 0.6) is 11.5 Å². The van der Waals surface area contributed by atoms with Crippen LogP contribution in [0.25, 0.3) is 0 Å². The van der Waals surface area contributed by atoms with Gasteiger partial charge in [0.2, 0.25) is 0 Å². The van der Waals surface area contributed by atoms with Crippen molar-refractivity contribution >= 4 is 5.91 Å². The summed E-state index contributed by atoms with van der Waals surface area (Å²) < 4.78 is 11.0. The minimum atomic E-state index is -0.500. The van der Waals surface area contributed by atoms with Crippen LogP contribution in [0.1, 0.15) is 38.3 Å². The van der Waals surface area contributed by atoms with Crippen LogP contribution in [0.2, 0.25) is 0 Å². The van der Waals surface area contributed by atoms with Gasteiger partial charge in [-0.15, -0.1) is 0 Å². The maximum absolute atomic E-state index is 12.6. The number of carbonyl (C=O) groups excluding carboxylic acids is 1. The lowest BCUT2D eigenvalue weighted by atomic mass is 10.0. The molecule has 0 saturated heterocycles. The fourth-order valence-electron chi connectivity index (χ4n) is 2.51. The minimum absolute atomic E-state index is 0.0446. The first-order chi connectivity index (χ1) is 11.7. The molecule has 24 heavy (non-hydrogen) atoms. The van der Waals surface area contributed by atoms with E-state index in [1.165, 1.54) is 0 Å². The highest BCUT2D eigenvalue weighted by molar-refractivity contribution is 5.81. The second-order valence-electron chi connectivity index (χ2n) is 5.57. The fraction of sp³-hybridized carbons (Fsp3) is 0.350. The molecule has 0 aliphatic carbocycles. The summed E-state index contributed by atoms with van der Waals surface area (Å²) in [7, 11) is 1.64. The molecule has 0 spiro atoms. The molecule has 0 aromatic heterocycles. The average Bonchev–Trinajstić information content (AvgIpc) is 2.65. The van der Waals surface area contributed by atoms with E-state index in [9.17, 15) is 4.79 Å². The number of ether oxygens (including phenoxy) is 2. The van der Waals surface area contributed by atoms with E-state index in [1.807, 2.05) is 68.4 Å². The van der Waals surface area contributed by atoms with Crippen molar-refractivity contribution in [3.63, 3.8) is 0 Å². The van der Waals surface area contributed by atoms with Crippen molar-refractivity contribution < 1.29 is 14.3 Å². The van der Waals surface area contributed by atoms with Crippen LogP contribution in [-0.2, 0) is 4.79 Å². The molecule has 128 valence electrons. The first-order valence-electron chi connectivity index (χ1n) is 8.34. The Labute approximate surface area is 143 Å². The lowest BCUT2D eigenvalue weighted by Gasteiger charge is -2.22. The lowest BCUT2D eigenvalue weighted by Crippen LogP contribution is -2.39. The van der Waals surface area contributed by atoms with Gasteiger partial charge in [-0.3, -0.25) is 4.79 Å². The number of methoxy groups -OCH3 is 1. The van der Waals surface area contributed by atoms with E-state index in [0.717, 1.165) is 17.7 Å². The largest absolute Gasteiger partial charge is 0.497 e. The Morgan fingerprint density at radius 3 is 2.17 bits per heavy atom. The molecule has 1 N–H and O–H groups in total. The van der Waals surface area contributed by atoms with Crippen LogP contribution in [0.3, 0.4) is 0 Å². The van der Waals surface area contributed by atoms with E-state index in [2.05, 4.69) is 5.32 Å². The Hall–Kier alpha value is -2.49. The first-order valence-corrected chi connectivity index (χ1v) is 8.34. The molecule has 0 aliphatic rings. The van der Waals surface area contributed by atoms with Gasteiger partial charge in [0.15, 0.2) is 6.10 Å². The monoisotopic (exact) mass is 327 g/mol. The molecule has 4 heteroatoms. The zero-order chi connectivity index (χ0) is 17.4. The summed E-state index contributed by atoms with van der Waals surface area (Å²) in [6.45, 7) is 4.00. The number of hydrogen-bond donors (Lipinski definition) is 1. The van der Waals surface area contributed by atoms with Gasteiger partial charge in [-0.2, -0.15) is 0 Å². The molecule has 0 bridgehead atoms. The van der Waals surface area contributed by atoms with Gasteiger partial charge in [-0.05, 0) is 42.7 Å². The topological polar surface area (TPSA) is 47.6 Å². The van der Waals surface area contributed by atoms with Gasteiger partial charge >= 0.3 is 0 Å². The summed E-state index contributed by atoms with van der Waals surface area (Å²) in [5, 5.41) is 3.09. The van der Waals surface area contributed by atoms with Gasteiger partial charge in [-0.25, -0.2) is 0 Å². The van der Waals surface area contributed by atoms with Crippen LogP contribution in [-0.4, -0.2) is 19.1 Å². The van der Waals surface area contributed by atoms with Gasteiger partial charge < -0.3 is 14.8 Å². The van der Waals surface area contributed by atoms with Gasteiger partial charge in [0.1, 0.15) is 11.5 Å². The first kappa shape index (κ1) is 17.9. The third-order valence-electron chi connectivity index (χ3n) is 3.93. The molecule has 0 unspecified atom stereocenters. The molecule has 2 rings (SSSR count). The Bertz CT molecular complexity index is 625. The molecule has 0 heterocycles. The number of benzene rings is 2. The summed E-state index contributed by atoms with van der Waals surface area (Å²) in [4.78, 5) is 12.6. The molecular formula is C20H25NO3. The predicted octanol–water partition coefficient (Wildman–Crippen LogP) is 4.12. The molecule has 0 fully saturated rings. The summed E-state index contributed by atoms with van der Waals surface area (Å²) in [6, 6.07) is 17.1. The molecule has 0 aliphatic heterocycles. The van der Waals surface area contributed by atoms with Crippen LogP contribution in [0.15, 0.2) is 54.6 Å². The Morgan fingerprint density at radius 1 is 0.958 bits per heavy atom. The predicted molar refractivity (Wildman–Crippen MR) is 95.3 cm³/mol. The van der Waals surface area contributed by atoms with Crippen molar-refractivity contribution in [3.8, 4) is 11.5 Å². The van der Waals surface area contributed by atoms with E-state index in [4.69, 9.17) is 9.47 Å². The van der Waals surface area contributed by atoms with E-state index < -0.39 is 6.10 Å². The molecule has 2 aromatic carbocycles. The van der Waals surface area contributed by atoms with Crippen LogP contribution >= 0.6 is 0 Å². The standard InChI is InChI=1S/C20H25NO3/c1-4-18(15-11-13-16(23-3)14-12-15)21-20(22)19(5-2)24-17-9-7-6-8-10-17/h6-14,18-19H,4-5H2,1-3H3,(H,21,22)/t18-,19+/m0/s1. The molecule has 4 nitrogen and oxygen atoms in total. The molecule has 2 aromatic rings. The number of amides is 1. The molecule has 1 amide bonds. The summed E-state index contributed by atoms with van der Waals surface area (Å²) >= 11 is 0. The van der Waals surface area contributed by atoms with Gasteiger partial charge in [0.25, 0.3) is 5.91 Å². The quantitative estimate of drug-likeness (QED) is 0.793. The third-order valence-corrected chi connectivity index (χ3v) is 3.93. The highest BCUT2D eigenvalue weighted by Crippen LogP contribution is 2.21. The van der Waals surface area contributed by atoms with Crippen LogP contribution in [0.4, 0.5) is 0 Å². The van der Waals surface area contributed by atoms with E-state index in [-0.39, 0.29) is 11.9 Å². The van der Waals surface area contributed by atoms with Crippen molar-refractivity contribution in [1.29, 1.82) is 0 Å². The summed E-state index contributed by atoms with van der Waals surface area (Å²) in [5.74, 6) is 1.42. The van der Waals surface area contributed by atoms with Gasteiger partial charge in [0, 0.05) is 0 Å². The van der Waals surface area contributed by atoms with E-state index >= 15 is 0 Å². The van der Waals surface area contributed by atoms with Gasteiger partial charge in [0.05, 0.1) is 13.2 Å². The van der Waals surface area contributed by atoms with Crippen molar-refractivity contribution in [2.75, 3.05) is 7.11 Å². The smallest absolute Gasteiger partial charge is 0.261 e. The van der Waals surface area contributed by atoms with Crippen LogP contribution < -0.4 is 14.8 Å². The van der Waals surface area contributed by atoms with Gasteiger partial charge in [-0.1, -0.05) is 44.2 Å². The van der Waals surface area contributed by atoms with Crippen molar-refractivity contribution in [1.82, 2.24) is 5.32 Å². The lowest BCUT2D eigenvalue weighted by molar-refractivity contribution is -0.128. The minimum Gasteiger partial charge on any atom is -0.497 e. The maximum Gasteiger partial charge on any atom is 0.261 e. The normalized spacial score (nSPS) is 13.0. The molecular weight excluding hydrogens is 302 g/mol. The Balaban J connectivity index is 2.03. The molecule has 0 saturated carbocycles. The van der Waals surface area contributed by atoms with Crippen molar-refractivity contribution in [2.45, 2.75) is 38.8 Å². The summed E-state index contributed by atoms with van der Waals surface area (Å²) in [5.41, 5.74) is 1.06. The number of rotatable bonds is 8. The number of nitrogens with one attached hydrogen (secondary N) is 1. The maximum atomic E-state index is 12.6. The SMILES string of the molecule is CC[C@H](NC(=O)[C@@H](CC)Oc1ccccc1)c1ccc(OC)cc1. The van der Waals surface area contributed by atoms with Crippen molar-refractivity contribution in [3.05, 3.63) is 60.2 Å². The number of carbonyl (C=O) groups is 1. The second kappa shape index (κ2) is 8.96. The van der Waals surface area contributed by atoms with E-state index in [1.54, 1.807) is 7.11 Å². The zero-order valence-electron chi connectivity index (χ0n) is 14.5. The Morgan fingerprint density at radius 2 is 1.62 bits per heavy atom. The average molecular weight is 327 g/mol. The summed E-state index contributed by atoms with van der Waals surface area (Å²) in [6.07, 6.45) is 0.916. The number of hydrogen-bond acceptors (Lipinski definition) is 3. The Kier molecular flexibility index (Phi) is 6.67. The highest BCUT2D eigenvalue weighted by atomic mass is 16.5. The molecule has 0 radical (unpaired) electrons. The second-order valence-corrected chi connectivity index (χ2v) is 5.57. The van der Waals surface area contributed by atoms with Crippen molar-refractivity contribution in [2.24, 2.45) is 0 Å². The zero-order valence-corrected chi connectivity index (χ0v) is 14.5. The third kappa shape index (κ3) is 4.75.